The smallest absolute Gasteiger partial charge is 0.348 e. The minimum Gasteiger partial charge on any atom is -0.478 e. The highest BCUT2D eigenvalue weighted by Gasteiger charge is 2.44. The van der Waals surface area contributed by atoms with Crippen molar-refractivity contribution in [1.82, 2.24) is 9.88 Å². The molecule has 1 aromatic carbocycles. The van der Waals surface area contributed by atoms with Crippen LogP contribution < -0.4 is 4.74 Å². The number of pyridine rings is 1. The van der Waals surface area contributed by atoms with Gasteiger partial charge in [0.05, 0.1) is 6.42 Å². The average molecular weight is 354 g/mol. The monoisotopic (exact) mass is 354 g/mol. The summed E-state index contributed by atoms with van der Waals surface area (Å²) in [6.45, 7) is 2.65. The predicted molar refractivity (Wildman–Crippen MR) is 95.9 cm³/mol. The van der Waals surface area contributed by atoms with Crippen LogP contribution in [-0.4, -0.2) is 45.6 Å². The third-order valence-corrected chi connectivity index (χ3v) is 4.69. The number of carbonyl (C=O) groups excluding carboxylic acids is 1. The highest BCUT2D eigenvalue weighted by molar-refractivity contribution is 5.81. The summed E-state index contributed by atoms with van der Waals surface area (Å²) in [4.78, 5) is 30.1. The van der Waals surface area contributed by atoms with Crippen LogP contribution in [0.15, 0.2) is 48.8 Å². The lowest BCUT2D eigenvalue weighted by Crippen LogP contribution is -2.54. The summed E-state index contributed by atoms with van der Waals surface area (Å²) in [7, 11) is 0. The van der Waals surface area contributed by atoms with Gasteiger partial charge in [-0.2, -0.15) is 0 Å². The number of ether oxygens (including phenoxy) is 1. The van der Waals surface area contributed by atoms with Crippen LogP contribution in [0, 0.1) is 6.92 Å². The van der Waals surface area contributed by atoms with Crippen molar-refractivity contribution in [2.75, 3.05) is 13.1 Å². The van der Waals surface area contributed by atoms with Crippen molar-refractivity contribution in [3.05, 3.63) is 59.9 Å². The Kier molecular flexibility index (Phi) is 5.21. The molecular formula is C20H22N2O4. The number of carboxylic acid groups (broad SMARTS) is 1. The van der Waals surface area contributed by atoms with E-state index in [2.05, 4.69) is 4.98 Å². The molecule has 0 aliphatic carbocycles. The number of carbonyl (C=O) groups is 2. The number of carboxylic acids is 1. The average Bonchev–Trinajstić information content (AvgIpc) is 2.63. The molecule has 2 aromatic rings. The Morgan fingerprint density at radius 3 is 2.62 bits per heavy atom. The number of aromatic nitrogens is 1. The second-order valence-corrected chi connectivity index (χ2v) is 6.64. The molecule has 6 nitrogen and oxygen atoms in total. The number of nitrogens with zero attached hydrogens (tertiary/aromatic N) is 2. The van der Waals surface area contributed by atoms with Gasteiger partial charge in [-0.15, -0.1) is 0 Å². The Hall–Kier alpha value is -2.89. The molecule has 1 aliphatic heterocycles. The van der Waals surface area contributed by atoms with E-state index in [9.17, 15) is 14.7 Å². The third-order valence-electron chi connectivity index (χ3n) is 4.69. The first-order valence-electron chi connectivity index (χ1n) is 8.64. The molecular weight excluding hydrogens is 332 g/mol. The molecule has 1 aliphatic rings. The van der Waals surface area contributed by atoms with Gasteiger partial charge in [0.2, 0.25) is 11.5 Å². The van der Waals surface area contributed by atoms with Crippen molar-refractivity contribution in [3.8, 4) is 5.75 Å². The quantitative estimate of drug-likeness (QED) is 0.892. The van der Waals surface area contributed by atoms with Crippen molar-refractivity contribution < 1.29 is 19.4 Å². The standard InChI is InChI=1S/C20H22N2O4/c1-15-4-2-6-17(12-15)26-20(19(24)25)7-10-22(11-8-20)18(23)13-16-5-3-9-21-14-16/h2-6,9,12,14H,7-8,10-11,13H2,1H3,(H,24,25). The van der Waals surface area contributed by atoms with E-state index in [4.69, 9.17) is 4.74 Å². The van der Waals surface area contributed by atoms with E-state index in [1.807, 2.05) is 31.2 Å². The molecule has 1 N–H and O–H groups in total. The van der Waals surface area contributed by atoms with Gasteiger partial charge in [-0.25, -0.2) is 4.79 Å². The first kappa shape index (κ1) is 17.9. The number of aliphatic carboxylic acids is 1. The molecule has 0 bridgehead atoms. The third kappa shape index (κ3) is 4.02. The number of hydrogen-bond donors (Lipinski definition) is 1. The van der Waals surface area contributed by atoms with Gasteiger partial charge in [-0.3, -0.25) is 9.78 Å². The minimum atomic E-state index is -1.29. The molecule has 26 heavy (non-hydrogen) atoms. The van der Waals surface area contributed by atoms with Gasteiger partial charge in [-0.1, -0.05) is 18.2 Å². The van der Waals surface area contributed by atoms with Crippen LogP contribution in [0.5, 0.6) is 5.75 Å². The van der Waals surface area contributed by atoms with E-state index in [-0.39, 0.29) is 25.2 Å². The van der Waals surface area contributed by atoms with Crippen molar-refractivity contribution >= 4 is 11.9 Å². The van der Waals surface area contributed by atoms with Gasteiger partial charge in [-0.05, 0) is 36.2 Å². The summed E-state index contributed by atoms with van der Waals surface area (Å²) in [5.41, 5.74) is 0.564. The lowest BCUT2D eigenvalue weighted by atomic mass is 9.90. The zero-order valence-corrected chi connectivity index (χ0v) is 14.7. The molecule has 0 saturated carbocycles. The fraction of sp³-hybridized carbons (Fsp3) is 0.350. The summed E-state index contributed by atoms with van der Waals surface area (Å²) in [5, 5.41) is 9.74. The zero-order valence-electron chi connectivity index (χ0n) is 14.7. The highest BCUT2D eigenvalue weighted by atomic mass is 16.5. The molecule has 0 radical (unpaired) electrons. The molecule has 1 amide bonds. The van der Waals surface area contributed by atoms with E-state index in [1.54, 1.807) is 29.4 Å². The van der Waals surface area contributed by atoms with Gasteiger partial charge in [0.1, 0.15) is 5.75 Å². The van der Waals surface area contributed by atoms with Crippen molar-refractivity contribution in [2.45, 2.75) is 31.8 Å². The first-order chi connectivity index (χ1) is 12.5. The summed E-state index contributed by atoms with van der Waals surface area (Å²) in [6, 6.07) is 11.0. The maximum atomic E-state index is 12.5. The number of aryl methyl sites for hydroxylation is 1. The van der Waals surface area contributed by atoms with Crippen LogP contribution in [0.1, 0.15) is 24.0 Å². The molecule has 0 spiro atoms. The maximum absolute atomic E-state index is 12.5. The van der Waals surface area contributed by atoms with Crippen LogP contribution in [0.25, 0.3) is 0 Å². The number of amides is 1. The Bertz CT molecular complexity index is 783. The highest BCUT2D eigenvalue weighted by Crippen LogP contribution is 2.30. The van der Waals surface area contributed by atoms with Crippen LogP contribution in [0.3, 0.4) is 0 Å². The van der Waals surface area contributed by atoms with Gasteiger partial charge in [0.15, 0.2) is 0 Å². The molecule has 0 unspecified atom stereocenters. The van der Waals surface area contributed by atoms with Gasteiger partial charge in [0, 0.05) is 38.3 Å². The Morgan fingerprint density at radius 2 is 2.00 bits per heavy atom. The van der Waals surface area contributed by atoms with Gasteiger partial charge in [0.25, 0.3) is 0 Å². The van der Waals surface area contributed by atoms with Crippen LogP contribution in [-0.2, 0) is 16.0 Å². The van der Waals surface area contributed by atoms with Crippen molar-refractivity contribution in [1.29, 1.82) is 0 Å². The topological polar surface area (TPSA) is 79.7 Å². The summed E-state index contributed by atoms with van der Waals surface area (Å²) in [6.07, 6.45) is 4.12. The molecule has 1 saturated heterocycles. The second-order valence-electron chi connectivity index (χ2n) is 6.64. The molecule has 1 fully saturated rings. The zero-order chi connectivity index (χ0) is 18.6. The molecule has 0 atom stereocenters. The van der Waals surface area contributed by atoms with Gasteiger partial charge < -0.3 is 14.7 Å². The summed E-state index contributed by atoms with van der Waals surface area (Å²) in [5.74, 6) is -0.464. The van der Waals surface area contributed by atoms with Crippen LogP contribution >= 0.6 is 0 Å². The number of piperidine rings is 1. The van der Waals surface area contributed by atoms with Crippen molar-refractivity contribution in [3.63, 3.8) is 0 Å². The fourth-order valence-electron chi connectivity index (χ4n) is 3.17. The van der Waals surface area contributed by atoms with E-state index >= 15 is 0 Å². The van der Waals surface area contributed by atoms with E-state index < -0.39 is 11.6 Å². The van der Waals surface area contributed by atoms with E-state index in [1.165, 1.54) is 0 Å². The maximum Gasteiger partial charge on any atom is 0.348 e. The van der Waals surface area contributed by atoms with Gasteiger partial charge >= 0.3 is 5.97 Å². The Balaban J connectivity index is 1.65. The molecule has 6 heteroatoms. The molecule has 136 valence electrons. The number of rotatable bonds is 5. The Labute approximate surface area is 152 Å². The van der Waals surface area contributed by atoms with Crippen LogP contribution in [0.2, 0.25) is 0 Å². The summed E-state index contributed by atoms with van der Waals surface area (Å²) >= 11 is 0. The fourth-order valence-corrected chi connectivity index (χ4v) is 3.17. The SMILES string of the molecule is Cc1cccc(OC2(C(=O)O)CCN(C(=O)Cc3cccnc3)CC2)c1. The number of hydrogen-bond acceptors (Lipinski definition) is 4. The Morgan fingerprint density at radius 1 is 1.23 bits per heavy atom. The van der Waals surface area contributed by atoms with E-state index in [0.29, 0.717) is 18.8 Å². The number of benzene rings is 1. The predicted octanol–water partition coefficient (Wildman–Crippen LogP) is 2.46. The lowest BCUT2D eigenvalue weighted by molar-refractivity contribution is -0.161. The largest absolute Gasteiger partial charge is 0.478 e. The normalized spacial score (nSPS) is 16.1. The molecule has 2 heterocycles. The van der Waals surface area contributed by atoms with Crippen molar-refractivity contribution in [2.24, 2.45) is 0 Å². The minimum absolute atomic E-state index is 0.0208. The second kappa shape index (κ2) is 7.56. The number of likely N-dealkylation sites (tertiary alicyclic amines) is 1. The van der Waals surface area contributed by atoms with E-state index in [0.717, 1.165) is 11.1 Å². The summed E-state index contributed by atoms with van der Waals surface area (Å²) < 4.78 is 5.88. The van der Waals surface area contributed by atoms with Crippen LogP contribution in [0.4, 0.5) is 0 Å². The lowest BCUT2D eigenvalue weighted by Gasteiger charge is -2.39. The molecule has 1 aromatic heterocycles. The molecule has 3 rings (SSSR count). The first-order valence-corrected chi connectivity index (χ1v) is 8.64.